The van der Waals surface area contributed by atoms with Crippen LogP contribution >= 0.6 is 11.6 Å². The average Bonchev–Trinajstić information content (AvgIpc) is 3.59. The molecule has 0 aliphatic carbocycles. The molecule has 0 bridgehead atoms. The number of nitrogens with one attached hydrogen (secondary N) is 1. The van der Waals surface area contributed by atoms with E-state index in [0.29, 0.717) is 27.6 Å². The van der Waals surface area contributed by atoms with Crippen LogP contribution in [0.3, 0.4) is 0 Å². The molecule has 0 aliphatic heterocycles. The highest BCUT2D eigenvalue weighted by Crippen LogP contribution is 2.31. The summed E-state index contributed by atoms with van der Waals surface area (Å²) in [6.45, 7) is 0.200. The van der Waals surface area contributed by atoms with Crippen molar-refractivity contribution in [1.29, 1.82) is 0 Å². The van der Waals surface area contributed by atoms with Crippen LogP contribution in [0.1, 0.15) is 21.6 Å². The molecule has 0 saturated heterocycles. The molecule has 0 radical (unpaired) electrons. The lowest BCUT2D eigenvalue weighted by Crippen LogP contribution is -2.22. The topological polar surface area (TPSA) is 156 Å². The number of carbonyl (C=O) groups is 1. The van der Waals surface area contributed by atoms with Crippen LogP contribution < -0.4 is 20.6 Å². The molecular formula is C26H21ClN8O4. The van der Waals surface area contributed by atoms with Crippen molar-refractivity contribution in [3.8, 4) is 28.6 Å². The Labute approximate surface area is 226 Å². The Balaban J connectivity index is 1.42. The van der Waals surface area contributed by atoms with Gasteiger partial charge in [-0.25, -0.2) is 10.1 Å². The summed E-state index contributed by atoms with van der Waals surface area (Å²) in [6.07, 6.45) is 1.44. The summed E-state index contributed by atoms with van der Waals surface area (Å²) in [6, 6.07) is 21.7. The van der Waals surface area contributed by atoms with Gasteiger partial charge in [-0.1, -0.05) is 71.4 Å². The van der Waals surface area contributed by atoms with Crippen LogP contribution in [0.2, 0.25) is 5.02 Å². The molecule has 3 N–H and O–H groups in total. The van der Waals surface area contributed by atoms with Crippen LogP contribution in [0.25, 0.3) is 17.1 Å². The van der Waals surface area contributed by atoms with Gasteiger partial charge in [-0.2, -0.15) is 9.78 Å². The maximum Gasteiger partial charge on any atom is 0.292 e. The van der Waals surface area contributed by atoms with Gasteiger partial charge in [0.2, 0.25) is 11.6 Å². The van der Waals surface area contributed by atoms with Crippen LogP contribution in [0.4, 0.5) is 5.82 Å². The number of anilines is 1. The van der Waals surface area contributed by atoms with Gasteiger partial charge in [-0.3, -0.25) is 4.79 Å². The summed E-state index contributed by atoms with van der Waals surface area (Å²) in [5.74, 6) is 0.241. The largest absolute Gasteiger partial charge is 0.493 e. The Kier molecular flexibility index (Phi) is 7.46. The Bertz CT molecular complexity index is 1630. The summed E-state index contributed by atoms with van der Waals surface area (Å²) >= 11 is 6.27. The van der Waals surface area contributed by atoms with E-state index in [4.69, 9.17) is 26.8 Å². The number of hydrogen-bond donors (Lipinski definition) is 2. The second-order valence-corrected chi connectivity index (χ2v) is 8.40. The van der Waals surface area contributed by atoms with E-state index < -0.39 is 5.91 Å². The molecule has 0 atom stereocenters. The molecule has 2 aromatic heterocycles. The lowest BCUT2D eigenvalue weighted by Gasteiger charge is -2.14. The third kappa shape index (κ3) is 5.40. The molecule has 12 nitrogen and oxygen atoms in total. The van der Waals surface area contributed by atoms with Crippen molar-refractivity contribution in [3.63, 3.8) is 0 Å². The molecule has 0 aliphatic rings. The van der Waals surface area contributed by atoms with Gasteiger partial charge in [-0.15, -0.1) is 5.10 Å². The molecule has 5 aromatic rings. The summed E-state index contributed by atoms with van der Waals surface area (Å²) in [4.78, 5) is 13.4. The third-order valence-corrected chi connectivity index (χ3v) is 5.93. The zero-order valence-electron chi connectivity index (χ0n) is 20.5. The maximum absolute atomic E-state index is 13.4. The summed E-state index contributed by atoms with van der Waals surface area (Å²) in [7, 11) is 1.53. The predicted molar refractivity (Wildman–Crippen MR) is 143 cm³/mol. The van der Waals surface area contributed by atoms with E-state index in [-0.39, 0.29) is 29.6 Å². The van der Waals surface area contributed by atoms with Crippen molar-refractivity contribution < 1.29 is 18.9 Å². The quantitative estimate of drug-likeness (QED) is 0.207. The number of nitrogens with two attached hydrogens (primary N) is 1. The average molecular weight is 545 g/mol. The standard InChI is InChI=1S/C26H21ClN8O4/c1-37-20-13-7-11-17(23(20)38-15-18-10-5-6-12-19(18)27)14-29-31-26(36)22-21(16-8-3-2-4-9-16)30-34-35(22)25-24(28)32-39-33-25/h2-14H,15H2,1H3,(H2,28,32)(H,31,36)/b29-14+. The smallest absolute Gasteiger partial charge is 0.292 e. The first-order valence-electron chi connectivity index (χ1n) is 11.5. The number of hydrazone groups is 1. The Morgan fingerprint density at radius 2 is 1.90 bits per heavy atom. The first-order valence-corrected chi connectivity index (χ1v) is 11.9. The van der Waals surface area contributed by atoms with Gasteiger partial charge in [0.1, 0.15) is 12.3 Å². The number of carbonyl (C=O) groups excluding carboxylic acids is 1. The van der Waals surface area contributed by atoms with E-state index in [1.165, 1.54) is 13.3 Å². The normalized spacial score (nSPS) is 11.0. The Hall–Kier alpha value is -5.23. The zero-order chi connectivity index (χ0) is 27.2. The molecule has 13 heteroatoms. The van der Waals surface area contributed by atoms with Gasteiger partial charge >= 0.3 is 0 Å². The third-order valence-electron chi connectivity index (χ3n) is 5.56. The van der Waals surface area contributed by atoms with Gasteiger partial charge in [0.25, 0.3) is 5.91 Å². The van der Waals surface area contributed by atoms with Crippen LogP contribution in [0.5, 0.6) is 11.5 Å². The Morgan fingerprint density at radius 1 is 1.10 bits per heavy atom. The van der Waals surface area contributed by atoms with Crippen molar-refractivity contribution in [2.24, 2.45) is 5.10 Å². The van der Waals surface area contributed by atoms with E-state index in [2.05, 4.69) is 35.8 Å². The van der Waals surface area contributed by atoms with E-state index >= 15 is 0 Å². The Morgan fingerprint density at radius 3 is 2.64 bits per heavy atom. The van der Waals surface area contributed by atoms with Crippen LogP contribution in [0.15, 0.2) is 82.5 Å². The molecule has 1 amide bonds. The highest BCUT2D eigenvalue weighted by molar-refractivity contribution is 6.31. The highest BCUT2D eigenvalue weighted by atomic mass is 35.5. The summed E-state index contributed by atoms with van der Waals surface area (Å²) in [5.41, 5.74) is 10.7. The fraction of sp³-hybridized carbons (Fsp3) is 0.0769. The molecular weight excluding hydrogens is 524 g/mol. The second-order valence-electron chi connectivity index (χ2n) is 8.00. The number of methoxy groups -OCH3 is 1. The van der Waals surface area contributed by atoms with Crippen LogP contribution in [-0.2, 0) is 6.61 Å². The minimum Gasteiger partial charge on any atom is -0.493 e. The van der Waals surface area contributed by atoms with E-state index in [0.717, 1.165) is 10.2 Å². The van der Waals surface area contributed by atoms with Gasteiger partial charge in [0.05, 0.1) is 13.3 Å². The number of amides is 1. The maximum atomic E-state index is 13.4. The number of nitrogen functional groups attached to an aromatic ring is 1. The number of hydrogen-bond acceptors (Lipinski definition) is 10. The number of ether oxygens (including phenoxy) is 2. The molecule has 3 aromatic carbocycles. The van der Waals surface area contributed by atoms with Crippen LogP contribution in [0, 0.1) is 0 Å². The minimum atomic E-state index is -0.626. The lowest BCUT2D eigenvalue weighted by atomic mass is 10.1. The minimum absolute atomic E-state index is 0.0156. The van der Waals surface area contributed by atoms with Crippen molar-refractivity contribution in [3.05, 3.63) is 94.6 Å². The molecule has 0 saturated carbocycles. The van der Waals surface area contributed by atoms with Crippen LogP contribution in [-0.4, -0.2) is 44.5 Å². The number of halogens is 1. The number of aromatic nitrogens is 5. The summed E-state index contributed by atoms with van der Waals surface area (Å²) < 4.78 is 17.3. The number of benzene rings is 3. The zero-order valence-corrected chi connectivity index (χ0v) is 21.2. The molecule has 39 heavy (non-hydrogen) atoms. The number of nitrogens with zero attached hydrogens (tertiary/aromatic N) is 6. The molecule has 2 heterocycles. The van der Waals surface area contributed by atoms with E-state index in [9.17, 15) is 4.79 Å². The predicted octanol–water partition coefficient (Wildman–Crippen LogP) is 3.90. The molecule has 0 fully saturated rings. The van der Waals surface area contributed by atoms with E-state index in [1.54, 1.807) is 36.4 Å². The molecule has 5 rings (SSSR count). The fourth-order valence-electron chi connectivity index (χ4n) is 3.69. The fourth-order valence-corrected chi connectivity index (χ4v) is 3.88. The van der Waals surface area contributed by atoms with Crippen molar-refractivity contribution in [2.45, 2.75) is 6.61 Å². The van der Waals surface area contributed by atoms with Gasteiger partial charge in [0, 0.05) is 21.7 Å². The van der Waals surface area contributed by atoms with E-state index in [1.807, 2.05) is 36.4 Å². The highest BCUT2D eigenvalue weighted by Gasteiger charge is 2.26. The number of rotatable bonds is 9. The first kappa shape index (κ1) is 25.4. The second kappa shape index (κ2) is 11.4. The number of para-hydroxylation sites is 1. The van der Waals surface area contributed by atoms with Gasteiger partial charge < -0.3 is 15.2 Å². The molecule has 196 valence electrons. The van der Waals surface area contributed by atoms with Gasteiger partial charge in [-0.05, 0) is 28.5 Å². The SMILES string of the molecule is COc1cccc(/C=N/NC(=O)c2c(-c3ccccc3)nnn2-c2nonc2N)c1OCc1ccccc1Cl. The monoisotopic (exact) mass is 544 g/mol. The van der Waals surface area contributed by atoms with Gasteiger partial charge in [0.15, 0.2) is 17.2 Å². The first-order chi connectivity index (χ1) is 19.1. The van der Waals surface area contributed by atoms with Crippen molar-refractivity contribution >= 4 is 29.5 Å². The summed E-state index contributed by atoms with van der Waals surface area (Å²) in [5, 5.41) is 20.2. The van der Waals surface area contributed by atoms with Crippen molar-refractivity contribution in [2.75, 3.05) is 12.8 Å². The molecule has 0 spiro atoms. The molecule has 0 unspecified atom stereocenters. The lowest BCUT2D eigenvalue weighted by molar-refractivity contribution is 0.0947. The van der Waals surface area contributed by atoms with Crippen molar-refractivity contribution in [1.82, 2.24) is 30.7 Å².